The van der Waals surface area contributed by atoms with Gasteiger partial charge in [-0.1, -0.05) is 112 Å². The molecule has 0 heterocycles. The van der Waals surface area contributed by atoms with E-state index >= 15 is 0 Å². The van der Waals surface area contributed by atoms with Crippen LogP contribution >= 0.6 is 0 Å². The quantitative estimate of drug-likeness (QED) is 0.0376. The second kappa shape index (κ2) is 48.9. The van der Waals surface area contributed by atoms with Crippen molar-refractivity contribution in [3.8, 4) is 0 Å². The molecule has 21 heteroatoms. The zero-order valence-electron chi connectivity index (χ0n) is 45.2. The lowest BCUT2D eigenvalue weighted by atomic mass is 10.0. The average Bonchev–Trinajstić information content (AvgIpc) is 3.43. The summed E-state index contributed by atoms with van der Waals surface area (Å²) >= 11 is 0. The Labute approximate surface area is 454 Å². The number of carboxylic acids is 1. The number of nitrogens with one attached hydrogen (secondary N) is 3. The van der Waals surface area contributed by atoms with Crippen molar-refractivity contribution in [2.75, 3.05) is 119 Å². The van der Waals surface area contributed by atoms with Crippen molar-refractivity contribution >= 4 is 41.4 Å². The normalized spacial score (nSPS) is 11.4. The van der Waals surface area contributed by atoms with E-state index in [4.69, 9.17) is 52.5 Å². The first-order valence-electron chi connectivity index (χ1n) is 27.2. The molecule has 0 saturated carbocycles. The van der Waals surface area contributed by atoms with Gasteiger partial charge in [0.25, 0.3) is 5.78 Å². The first-order valence-corrected chi connectivity index (χ1v) is 27.2. The fourth-order valence-electron chi connectivity index (χ4n) is 7.08. The zero-order chi connectivity index (χ0) is 55.5. The summed E-state index contributed by atoms with van der Waals surface area (Å²) in [7, 11) is 0. The van der Waals surface area contributed by atoms with Gasteiger partial charge in [-0.25, -0.2) is 4.79 Å². The van der Waals surface area contributed by atoms with Gasteiger partial charge in [-0.3, -0.25) is 28.8 Å². The number of carbonyl (C=O) groups excluding carboxylic acids is 6. The predicted octanol–water partition coefficient (Wildman–Crippen LogP) is 5.22. The van der Waals surface area contributed by atoms with E-state index in [1.807, 2.05) is 36.4 Å². The second-order valence-electron chi connectivity index (χ2n) is 17.8. The minimum atomic E-state index is -1.21. The van der Waals surface area contributed by atoms with Crippen LogP contribution in [0.1, 0.15) is 114 Å². The summed E-state index contributed by atoms with van der Waals surface area (Å²) < 4.78 is 53.8. The van der Waals surface area contributed by atoms with Gasteiger partial charge in [0.05, 0.1) is 118 Å². The molecule has 0 aliphatic heterocycles. The molecule has 0 unspecified atom stereocenters. The Morgan fingerprint density at radius 3 is 1.22 bits per heavy atom. The number of aliphatic carboxylic acids is 1. The molecule has 77 heavy (non-hydrogen) atoms. The van der Waals surface area contributed by atoms with Crippen LogP contribution in [0, 0.1) is 0 Å². The van der Waals surface area contributed by atoms with Crippen LogP contribution < -0.4 is 16.0 Å². The van der Waals surface area contributed by atoms with Crippen molar-refractivity contribution < 1.29 is 86.0 Å². The highest BCUT2D eigenvalue weighted by molar-refractivity contribution is 6.36. The van der Waals surface area contributed by atoms with Crippen LogP contribution in [0.3, 0.4) is 0 Å². The number of benzene rings is 2. The van der Waals surface area contributed by atoms with Gasteiger partial charge < -0.3 is 68.4 Å². The van der Waals surface area contributed by atoms with Crippen molar-refractivity contribution in [2.45, 2.75) is 122 Å². The van der Waals surface area contributed by atoms with Gasteiger partial charge in [0.1, 0.15) is 13.2 Å². The summed E-state index contributed by atoms with van der Waals surface area (Å²) in [5, 5.41) is 16.7. The molecule has 21 nitrogen and oxygen atoms in total. The van der Waals surface area contributed by atoms with Gasteiger partial charge in [-0.2, -0.15) is 0 Å². The minimum Gasteiger partial charge on any atom is -0.481 e. The Bertz CT molecular complexity index is 1840. The average molecular weight is 1090 g/mol. The molecular formula is C56H87N3O18. The first-order chi connectivity index (χ1) is 37.6. The van der Waals surface area contributed by atoms with Crippen molar-refractivity contribution in [3.63, 3.8) is 0 Å². The van der Waals surface area contributed by atoms with Crippen LogP contribution in [0.5, 0.6) is 0 Å². The summed E-state index contributed by atoms with van der Waals surface area (Å²) in [6, 6.07) is 17.4. The van der Waals surface area contributed by atoms with Gasteiger partial charge in [0, 0.05) is 38.8 Å². The Hall–Kier alpha value is -5.39. The molecule has 0 radical (unpaired) electrons. The van der Waals surface area contributed by atoms with E-state index in [9.17, 15) is 33.6 Å². The highest BCUT2D eigenvalue weighted by Crippen LogP contribution is 2.13. The number of Topliss-reactive ketones (excluding diaryl/α,β-unsaturated/α-hetero) is 1. The fourth-order valence-corrected chi connectivity index (χ4v) is 7.08. The summed E-state index contributed by atoms with van der Waals surface area (Å²) in [4.78, 5) is 85.9. The molecule has 2 aromatic rings. The Kier molecular flexibility index (Phi) is 43.0. The van der Waals surface area contributed by atoms with E-state index in [0.717, 1.165) is 63.4 Å². The zero-order valence-corrected chi connectivity index (χ0v) is 45.2. The number of amides is 3. The molecule has 0 aliphatic carbocycles. The highest BCUT2D eigenvalue weighted by atomic mass is 16.6. The van der Waals surface area contributed by atoms with Crippen LogP contribution in [0.4, 0.5) is 0 Å². The van der Waals surface area contributed by atoms with E-state index in [1.54, 1.807) is 24.3 Å². The molecule has 0 saturated heterocycles. The van der Waals surface area contributed by atoms with E-state index in [2.05, 4.69) is 16.0 Å². The Balaban J connectivity index is 1.44. The number of ketones is 1. The van der Waals surface area contributed by atoms with Crippen molar-refractivity contribution in [3.05, 3.63) is 71.8 Å². The summed E-state index contributed by atoms with van der Waals surface area (Å²) in [5.74, 6) is -3.94. The molecule has 0 spiro atoms. The number of rotatable bonds is 53. The minimum absolute atomic E-state index is 0.0343. The molecule has 0 bridgehead atoms. The molecule has 3 amide bonds. The lowest BCUT2D eigenvalue weighted by Crippen LogP contribution is -2.45. The lowest BCUT2D eigenvalue weighted by Gasteiger charge is -2.17. The lowest BCUT2D eigenvalue weighted by molar-refractivity contribution is -0.156. The maximum atomic E-state index is 13.2. The van der Waals surface area contributed by atoms with Crippen LogP contribution in [0.2, 0.25) is 0 Å². The fraction of sp³-hybridized carbons (Fsp3) is 0.661. The molecule has 0 aromatic heterocycles. The first kappa shape index (κ1) is 67.7. The van der Waals surface area contributed by atoms with Gasteiger partial charge in [0.15, 0.2) is 0 Å². The van der Waals surface area contributed by atoms with Crippen LogP contribution in [0.15, 0.2) is 60.7 Å². The standard InChI is InChI=1S/C56H87N3O18/c60-50(57-27-31-70-35-39-74-43-41-72-37-33-68-29-25-51(61)58-28-32-71-36-40-75-44-42-73-38-34-69-30-26-53(63)64)24-23-49(55(66)56(67)77-46-48-19-13-10-14-20-48)59-52(62)21-15-7-5-3-1-2-4-6-8-16-22-54(65)76-45-47-17-11-9-12-18-47/h9-14,17-20,49H,1-8,15-16,21-46H2,(H,57,60)(H,58,61)(H,59,62)(H,63,64)/t49-/m0/s1. The topological polar surface area (TPSA) is 268 Å². The summed E-state index contributed by atoms with van der Waals surface area (Å²) in [6.45, 7) is 5.99. The smallest absolute Gasteiger partial charge is 0.377 e. The van der Waals surface area contributed by atoms with Crippen molar-refractivity contribution in [1.29, 1.82) is 0 Å². The highest BCUT2D eigenvalue weighted by Gasteiger charge is 2.29. The molecular weight excluding hydrogens is 1000 g/mol. The number of carbonyl (C=O) groups is 7. The Morgan fingerprint density at radius 1 is 0.390 bits per heavy atom. The molecule has 0 fully saturated rings. The van der Waals surface area contributed by atoms with E-state index in [-0.39, 0.29) is 88.8 Å². The second-order valence-corrected chi connectivity index (χ2v) is 17.8. The molecule has 4 N–H and O–H groups in total. The van der Waals surface area contributed by atoms with Crippen molar-refractivity contribution in [1.82, 2.24) is 16.0 Å². The van der Waals surface area contributed by atoms with Crippen LogP contribution in [0.25, 0.3) is 0 Å². The summed E-state index contributed by atoms with van der Waals surface area (Å²) in [6.07, 6.45) is 10.3. The van der Waals surface area contributed by atoms with Crippen LogP contribution in [-0.2, 0) is 94.1 Å². The number of hydrogen-bond acceptors (Lipinski definition) is 17. The SMILES string of the molecule is O=C(O)CCOCCOCCOCCOCCNC(=O)CCOCCOCCOCCOCCNC(=O)CC[C@H](NC(=O)CCCCCCCCCCCCC(=O)OCc1ccccc1)C(=O)C(=O)OCc1ccccc1. The molecule has 434 valence electrons. The Morgan fingerprint density at radius 2 is 0.766 bits per heavy atom. The largest absolute Gasteiger partial charge is 0.481 e. The third-order valence-electron chi connectivity index (χ3n) is 11.3. The van der Waals surface area contributed by atoms with Crippen molar-refractivity contribution in [2.24, 2.45) is 0 Å². The van der Waals surface area contributed by atoms with E-state index < -0.39 is 23.8 Å². The monoisotopic (exact) mass is 1090 g/mol. The maximum absolute atomic E-state index is 13.2. The third kappa shape index (κ3) is 42.3. The van der Waals surface area contributed by atoms with Gasteiger partial charge in [-0.15, -0.1) is 0 Å². The predicted molar refractivity (Wildman–Crippen MR) is 283 cm³/mol. The van der Waals surface area contributed by atoms with E-state index in [1.165, 1.54) is 0 Å². The number of hydrogen-bond donors (Lipinski definition) is 4. The third-order valence-corrected chi connectivity index (χ3v) is 11.3. The molecule has 2 rings (SSSR count). The molecule has 0 aliphatic rings. The number of esters is 2. The molecule has 2 aromatic carbocycles. The molecule has 1 atom stereocenters. The number of ether oxygens (including phenoxy) is 10. The van der Waals surface area contributed by atoms with Gasteiger partial charge in [-0.05, 0) is 30.4 Å². The van der Waals surface area contributed by atoms with Crippen LogP contribution in [-0.4, -0.2) is 171 Å². The van der Waals surface area contributed by atoms with E-state index in [0.29, 0.717) is 117 Å². The van der Waals surface area contributed by atoms with Gasteiger partial charge >= 0.3 is 17.9 Å². The number of carboxylic acid groups (broad SMARTS) is 1. The maximum Gasteiger partial charge on any atom is 0.377 e. The summed E-state index contributed by atoms with van der Waals surface area (Å²) in [5.41, 5.74) is 1.69. The van der Waals surface area contributed by atoms with Gasteiger partial charge in [0.2, 0.25) is 17.7 Å². The number of unbranched alkanes of at least 4 members (excludes halogenated alkanes) is 9.